The number of hydrogen-bond acceptors (Lipinski definition) is 4. The Hall–Kier alpha value is -3.93. The summed E-state index contributed by atoms with van der Waals surface area (Å²) in [6.07, 6.45) is 0.879. The van der Waals surface area contributed by atoms with Gasteiger partial charge in [0.2, 0.25) is 0 Å². The van der Waals surface area contributed by atoms with Gasteiger partial charge >= 0.3 is 0 Å². The Morgan fingerprint density at radius 3 is 2.15 bits per heavy atom. The zero-order chi connectivity index (χ0) is 23.4. The minimum absolute atomic E-state index is 0.0629. The predicted molar refractivity (Wildman–Crippen MR) is 128 cm³/mol. The molecule has 3 aromatic rings. The van der Waals surface area contributed by atoms with Crippen molar-refractivity contribution in [3.8, 4) is 5.75 Å². The van der Waals surface area contributed by atoms with E-state index >= 15 is 0 Å². The molecule has 0 radical (unpaired) electrons. The van der Waals surface area contributed by atoms with Crippen molar-refractivity contribution in [3.63, 3.8) is 0 Å². The van der Waals surface area contributed by atoms with E-state index in [2.05, 4.69) is 0 Å². The maximum Gasteiger partial charge on any atom is 0.282 e. The molecular weight excluding hydrogens is 419 g/mol. The maximum atomic E-state index is 14.6. The predicted octanol–water partition coefficient (Wildman–Crippen LogP) is 5.43. The second-order valence-electron chi connectivity index (χ2n) is 7.57. The van der Waals surface area contributed by atoms with E-state index in [1.54, 1.807) is 35.2 Å². The molecule has 4 rings (SSSR count). The highest BCUT2D eigenvalue weighted by molar-refractivity contribution is 6.46. The third-order valence-electron chi connectivity index (χ3n) is 5.42. The Morgan fingerprint density at radius 2 is 1.52 bits per heavy atom. The van der Waals surface area contributed by atoms with Gasteiger partial charge in [0.05, 0.1) is 17.9 Å². The molecule has 1 heterocycles. The maximum absolute atomic E-state index is 14.6. The van der Waals surface area contributed by atoms with Crippen molar-refractivity contribution in [2.75, 3.05) is 23.0 Å². The van der Waals surface area contributed by atoms with Crippen molar-refractivity contribution < 1.29 is 18.7 Å². The van der Waals surface area contributed by atoms with E-state index in [0.717, 1.165) is 17.0 Å². The van der Waals surface area contributed by atoms with Crippen LogP contribution in [0.3, 0.4) is 0 Å². The zero-order valence-electron chi connectivity index (χ0n) is 18.6. The first kappa shape index (κ1) is 22.3. The number of para-hydroxylation sites is 2. The number of anilines is 2. The van der Waals surface area contributed by atoms with Gasteiger partial charge in [0.15, 0.2) is 0 Å². The fraction of sp³-hybridized carbons (Fsp3) is 0.185. The number of halogens is 1. The molecule has 5 nitrogen and oxygen atoms in total. The fourth-order valence-corrected chi connectivity index (χ4v) is 3.90. The molecular formula is C27H25FN2O3. The number of imide groups is 1. The summed E-state index contributed by atoms with van der Waals surface area (Å²) >= 11 is 0. The highest BCUT2D eigenvalue weighted by Crippen LogP contribution is 2.37. The van der Waals surface area contributed by atoms with Crippen LogP contribution in [0.1, 0.15) is 25.8 Å². The van der Waals surface area contributed by atoms with Crippen LogP contribution in [-0.4, -0.2) is 25.0 Å². The third kappa shape index (κ3) is 4.24. The molecule has 0 unspecified atom stereocenters. The van der Waals surface area contributed by atoms with E-state index in [1.807, 2.05) is 44.2 Å². The number of amides is 2. The van der Waals surface area contributed by atoms with Gasteiger partial charge < -0.3 is 9.64 Å². The molecule has 1 aliphatic rings. The van der Waals surface area contributed by atoms with Crippen molar-refractivity contribution in [2.24, 2.45) is 0 Å². The smallest absolute Gasteiger partial charge is 0.282 e. The molecule has 0 aromatic heterocycles. The van der Waals surface area contributed by atoms with Gasteiger partial charge in [-0.05, 0) is 55.3 Å². The normalized spacial score (nSPS) is 13.6. The Kier molecular flexibility index (Phi) is 6.54. The molecule has 0 N–H and O–H groups in total. The Balaban J connectivity index is 1.85. The quantitative estimate of drug-likeness (QED) is 0.435. The highest BCUT2D eigenvalue weighted by Gasteiger charge is 2.43. The molecule has 33 heavy (non-hydrogen) atoms. The van der Waals surface area contributed by atoms with Crippen molar-refractivity contribution in [2.45, 2.75) is 20.3 Å². The summed E-state index contributed by atoms with van der Waals surface area (Å²) in [5.41, 5.74) is 1.73. The van der Waals surface area contributed by atoms with E-state index < -0.39 is 17.6 Å². The fourth-order valence-electron chi connectivity index (χ4n) is 3.90. The monoisotopic (exact) mass is 444 g/mol. The average molecular weight is 445 g/mol. The first-order valence-electron chi connectivity index (χ1n) is 11.0. The molecule has 0 saturated heterocycles. The van der Waals surface area contributed by atoms with Crippen LogP contribution < -0.4 is 14.5 Å². The topological polar surface area (TPSA) is 49.9 Å². The Morgan fingerprint density at radius 1 is 0.848 bits per heavy atom. The minimum Gasteiger partial charge on any atom is -0.494 e. The highest BCUT2D eigenvalue weighted by atomic mass is 19.1. The first-order valence-corrected chi connectivity index (χ1v) is 11.0. The number of ether oxygens (including phenoxy) is 1. The first-order chi connectivity index (χ1) is 16.1. The molecule has 0 aliphatic carbocycles. The number of nitrogens with zero attached hydrogens (tertiary/aromatic N) is 2. The van der Waals surface area contributed by atoms with Gasteiger partial charge in [-0.2, -0.15) is 0 Å². The van der Waals surface area contributed by atoms with Gasteiger partial charge in [-0.15, -0.1) is 0 Å². The van der Waals surface area contributed by atoms with Gasteiger partial charge in [-0.3, -0.25) is 9.59 Å². The minimum atomic E-state index is -0.633. The number of benzene rings is 3. The summed E-state index contributed by atoms with van der Waals surface area (Å²) < 4.78 is 20.3. The van der Waals surface area contributed by atoms with Crippen LogP contribution in [0.25, 0.3) is 5.57 Å². The molecule has 2 amide bonds. The number of carbonyl (C=O) groups is 2. The molecule has 0 spiro atoms. The zero-order valence-corrected chi connectivity index (χ0v) is 18.6. The van der Waals surface area contributed by atoms with Crippen LogP contribution in [0.2, 0.25) is 0 Å². The van der Waals surface area contributed by atoms with Crippen LogP contribution >= 0.6 is 0 Å². The number of likely N-dealkylation sites (N-methyl/N-ethyl adjacent to an activating group) is 1. The number of carbonyl (C=O) groups excluding carboxylic acids is 2. The summed E-state index contributed by atoms with van der Waals surface area (Å²) in [5.74, 6) is -1.07. The molecule has 6 heteroatoms. The largest absolute Gasteiger partial charge is 0.494 e. The standard InChI is InChI=1S/C27H25FN2O3/c1-3-18-33-21-16-14-19(15-17-21)24-25(29(4-2)20-10-6-5-7-11-20)27(32)30(26(24)31)23-13-9-8-12-22(23)28/h5-17H,3-4,18H2,1-2H3. The lowest BCUT2D eigenvalue weighted by molar-refractivity contribution is -0.120. The van der Waals surface area contributed by atoms with Crippen LogP contribution in [0.4, 0.5) is 15.8 Å². The lowest BCUT2D eigenvalue weighted by Crippen LogP contribution is -2.35. The van der Waals surface area contributed by atoms with E-state index in [1.165, 1.54) is 18.2 Å². The van der Waals surface area contributed by atoms with Crippen molar-refractivity contribution in [1.82, 2.24) is 0 Å². The summed E-state index contributed by atoms with van der Waals surface area (Å²) in [5, 5.41) is 0. The third-order valence-corrected chi connectivity index (χ3v) is 5.42. The van der Waals surface area contributed by atoms with E-state index in [9.17, 15) is 14.0 Å². The molecule has 3 aromatic carbocycles. The number of hydrogen-bond donors (Lipinski definition) is 0. The second kappa shape index (κ2) is 9.69. The van der Waals surface area contributed by atoms with Crippen LogP contribution in [0.5, 0.6) is 5.75 Å². The van der Waals surface area contributed by atoms with Gasteiger partial charge in [-0.25, -0.2) is 9.29 Å². The summed E-state index contributed by atoms with van der Waals surface area (Å²) in [6.45, 7) is 4.96. The van der Waals surface area contributed by atoms with Crippen LogP contribution in [0.15, 0.2) is 84.6 Å². The Bertz CT molecular complexity index is 1190. The van der Waals surface area contributed by atoms with E-state index in [0.29, 0.717) is 24.5 Å². The van der Waals surface area contributed by atoms with Gasteiger partial charge in [0, 0.05) is 12.2 Å². The lowest BCUT2D eigenvalue weighted by atomic mass is 10.0. The molecule has 0 fully saturated rings. The molecule has 0 bridgehead atoms. The van der Waals surface area contributed by atoms with Crippen LogP contribution in [-0.2, 0) is 9.59 Å². The molecule has 0 saturated carbocycles. The second-order valence-corrected chi connectivity index (χ2v) is 7.57. The SMILES string of the molecule is CCCOc1ccc(C2=C(N(CC)c3ccccc3)C(=O)N(c3ccccc3F)C2=O)cc1. The summed E-state index contributed by atoms with van der Waals surface area (Å²) in [7, 11) is 0. The van der Waals surface area contributed by atoms with Crippen molar-refractivity contribution in [3.05, 3.63) is 95.9 Å². The van der Waals surface area contributed by atoms with Gasteiger partial charge in [0.1, 0.15) is 17.3 Å². The Labute approximate surface area is 192 Å². The molecule has 0 atom stereocenters. The summed E-state index contributed by atoms with van der Waals surface area (Å²) in [6, 6.07) is 22.2. The van der Waals surface area contributed by atoms with E-state index in [-0.39, 0.29) is 17.0 Å². The lowest BCUT2D eigenvalue weighted by Gasteiger charge is -2.25. The summed E-state index contributed by atoms with van der Waals surface area (Å²) in [4.78, 5) is 30.0. The molecule has 1 aliphatic heterocycles. The average Bonchev–Trinajstić information content (AvgIpc) is 3.09. The number of rotatable bonds is 8. The van der Waals surface area contributed by atoms with E-state index in [4.69, 9.17) is 4.74 Å². The van der Waals surface area contributed by atoms with Gasteiger partial charge in [-0.1, -0.05) is 49.4 Å². The van der Waals surface area contributed by atoms with Gasteiger partial charge in [0.25, 0.3) is 11.8 Å². The molecule has 168 valence electrons. The van der Waals surface area contributed by atoms with Crippen LogP contribution in [0, 0.1) is 5.82 Å². The van der Waals surface area contributed by atoms with Crippen molar-refractivity contribution in [1.29, 1.82) is 0 Å². The van der Waals surface area contributed by atoms with Crippen molar-refractivity contribution >= 4 is 28.8 Å².